The predicted octanol–water partition coefficient (Wildman–Crippen LogP) is 5.12. The fourth-order valence-electron chi connectivity index (χ4n) is 5.09. The van der Waals surface area contributed by atoms with E-state index in [4.69, 9.17) is 18.6 Å². The molecule has 0 saturated heterocycles. The second-order valence-electron chi connectivity index (χ2n) is 8.12. The molecule has 2 aromatic carbocycles. The largest absolute Gasteiger partial charge is 0.626 e. The lowest BCUT2D eigenvalue weighted by Crippen LogP contribution is -2.38. The first-order valence-corrected chi connectivity index (χ1v) is 12.5. The molecular weight excluding hydrogens is 426 g/mol. The summed E-state index contributed by atoms with van der Waals surface area (Å²) in [5, 5.41) is 0. The fraction of sp³-hybridized carbons (Fsp3) is 0.400. The molecule has 2 aromatic rings. The number of nitrogens with zero attached hydrogens (tertiary/aromatic N) is 1. The lowest BCUT2D eigenvalue weighted by atomic mass is 9.69. The maximum absolute atomic E-state index is 14.3. The minimum absolute atomic E-state index is 0.116. The molecule has 4 atom stereocenters. The molecule has 6 nitrogen and oxygen atoms in total. The summed E-state index contributed by atoms with van der Waals surface area (Å²) in [6, 6.07) is 9.25. The summed E-state index contributed by atoms with van der Waals surface area (Å²) in [6.45, 7) is 8.02. The predicted molar refractivity (Wildman–Crippen MR) is 125 cm³/mol. The monoisotopic (exact) mass is 455 g/mol. The molecular formula is C25H29NO5S. The van der Waals surface area contributed by atoms with Gasteiger partial charge in [-0.25, -0.2) is 0 Å². The van der Waals surface area contributed by atoms with E-state index in [2.05, 4.69) is 6.58 Å². The van der Waals surface area contributed by atoms with Crippen molar-refractivity contribution in [3.8, 4) is 11.5 Å². The van der Waals surface area contributed by atoms with Crippen molar-refractivity contribution in [1.29, 1.82) is 0 Å². The highest BCUT2D eigenvalue weighted by Gasteiger charge is 2.49. The number of allylic oxidation sites excluding steroid dienone is 1. The smallest absolute Gasteiger partial charge is 0.309 e. The van der Waals surface area contributed by atoms with E-state index in [-0.39, 0.29) is 23.6 Å². The highest BCUT2D eigenvalue weighted by molar-refractivity contribution is 8.00. The van der Waals surface area contributed by atoms with Crippen LogP contribution in [0.25, 0.3) is 0 Å². The van der Waals surface area contributed by atoms with Crippen LogP contribution in [0.5, 0.6) is 11.5 Å². The molecule has 4 rings (SSSR count). The van der Waals surface area contributed by atoms with Gasteiger partial charge in [-0.15, -0.1) is 6.58 Å². The first-order chi connectivity index (χ1) is 15.4. The number of hydrogen-bond acceptors (Lipinski definition) is 6. The number of esters is 1. The SMILES string of the molecule is C=C[C@@H]1C[C@H](C(=O)OCC)[C@@H]2C[S+]([O-])(c3ccccc3)=Nc3c(OC)c(C)c(OC)c1c32. The lowest BCUT2D eigenvalue weighted by molar-refractivity contribution is -0.149. The minimum Gasteiger partial charge on any atom is -0.626 e. The van der Waals surface area contributed by atoms with Gasteiger partial charge in [-0.2, -0.15) is 0 Å². The van der Waals surface area contributed by atoms with Crippen molar-refractivity contribution in [3.05, 3.63) is 59.7 Å². The number of benzene rings is 2. The second kappa shape index (κ2) is 8.71. The van der Waals surface area contributed by atoms with E-state index < -0.39 is 16.0 Å². The average molecular weight is 456 g/mol. The summed E-state index contributed by atoms with van der Waals surface area (Å²) in [7, 11) is 0.373. The third-order valence-corrected chi connectivity index (χ3v) is 8.76. The highest BCUT2D eigenvalue weighted by Crippen LogP contribution is 2.59. The van der Waals surface area contributed by atoms with E-state index in [9.17, 15) is 9.35 Å². The van der Waals surface area contributed by atoms with Gasteiger partial charge in [0.25, 0.3) is 0 Å². The Bertz CT molecular complexity index is 1110. The summed E-state index contributed by atoms with van der Waals surface area (Å²) in [5.74, 6) is 0.290. The van der Waals surface area contributed by atoms with E-state index in [0.29, 0.717) is 35.1 Å². The Balaban J connectivity index is 2.08. The first-order valence-electron chi connectivity index (χ1n) is 10.8. The van der Waals surface area contributed by atoms with E-state index in [1.54, 1.807) is 21.1 Å². The van der Waals surface area contributed by atoms with Crippen molar-refractivity contribution in [2.45, 2.75) is 37.0 Å². The van der Waals surface area contributed by atoms with Crippen LogP contribution in [0.3, 0.4) is 0 Å². The molecule has 2 aliphatic rings. The molecule has 0 bridgehead atoms. The standard InChI is InChI=1S/C25H29NO5S/c1-6-16-13-18(25(27)31-7-2)19-14-32(28,17-11-9-8-10-12-17)26-22-21(19)20(16)23(29-4)15(3)24(22)30-5/h6,8-12,16,18-19H,1,7,13-14H2,2-5H3/t16-,18+,19+,32?/m1/s1. The van der Waals surface area contributed by atoms with E-state index in [1.807, 2.05) is 43.3 Å². The number of methoxy groups -OCH3 is 2. The zero-order chi connectivity index (χ0) is 23.0. The maximum Gasteiger partial charge on any atom is 0.309 e. The van der Waals surface area contributed by atoms with Crippen molar-refractivity contribution >= 4 is 21.8 Å². The van der Waals surface area contributed by atoms with Crippen molar-refractivity contribution in [2.24, 2.45) is 10.3 Å². The maximum atomic E-state index is 14.3. The van der Waals surface area contributed by atoms with Crippen molar-refractivity contribution in [3.63, 3.8) is 0 Å². The van der Waals surface area contributed by atoms with E-state index in [0.717, 1.165) is 16.7 Å². The summed E-state index contributed by atoms with van der Waals surface area (Å²) in [4.78, 5) is 13.7. The third kappa shape index (κ3) is 3.44. The highest BCUT2D eigenvalue weighted by atomic mass is 32.3. The van der Waals surface area contributed by atoms with Crippen LogP contribution in [0, 0.1) is 12.8 Å². The zero-order valence-electron chi connectivity index (χ0n) is 18.9. The Kier molecular flexibility index (Phi) is 6.14. The average Bonchev–Trinajstić information content (AvgIpc) is 2.80. The summed E-state index contributed by atoms with van der Waals surface area (Å²) < 4.78 is 36.1. The Morgan fingerprint density at radius 3 is 2.50 bits per heavy atom. The third-order valence-electron chi connectivity index (χ3n) is 6.46. The molecule has 1 aliphatic carbocycles. The van der Waals surface area contributed by atoms with Gasteiger partial charge in [0.2, 0.25) is 0 Å². The summed E-state index contributed by atoms with van der Waals surface area (Å²) in [6.07, 6.45) is 2.36. The molecule has 1 unspecified atom stereocenters. The van der Waals surface area contributed by atoms with Crippen molar-refractivity contribution < 1.29 is 23.6 Å². The van der Waals surface area contributed by atoms with Crippen LogP contribution >= 0.6 is 0 Å². The topological polar surface area (TPSA) is 80.2 Å². The molecule has 0 saturated carbocycles. The van der Waals surface area contributed by atoms with Crippen LogP contribution in [0.15, 0.2) is 52.2 Å². The molecule has 0 radical (unpaired) electrons. The Labute approximate surface area is 190 Å². The van der Waals surface area contributed by atoms with Gasteiger partial charge in [-0.3, -0.25) is 4.79 Å². The molecule has 170 valence electrons. The van der Waals surface area contributed by atoms with Gasteiger partial charge in [-0.05, 0) is 42.5 Å². The number of hydrogen-bond donors (Lipinski definition) is 0. The van der Waals surface area contributed by atoms with Gasteiger partial charge in [0, 0.05) is 28.5 Å². The van der Waals surface area contributed by atoms with Gasteiger partial charge >= 0.3 is 5.97 Å². The van der Waals surface area contributed by atoms with Gasteiger partial charge in [-0.1, -0.05) is 28.6 Å². The van der Waals surface area contributed by atoms with Gasteiger partial charge in [0.1, 0.15) is 16.4 Å². The van der Waals surface area contributed by atoms with Crippen LogP contribution in [-0.4, -0.2) is 37.1 Å². The molecule has 0 fully saturated rings. The van der Waals surface area contributed by atoms with Crippen LogP contribution in [0.1, 0.15) is 41.9 Å². The Hall–Kier alpha value is -2.64. The Morgan fingerprint density at radius 2 is 1.91 bits per heavy atom. The molecule has 1 aliphatic heterocycles. The molecule has 0 amide bonds. The van der Waals surface area contributed by atoms with Crippen molar-refractivity contribution in [2.75, 3.05) is 26.6 Å². The quantitative estimate of drug-likeness (QED) is 0.343. The summed E-state index contributed by atoms with van der Waals surface area (Å²) in [5.41, 5.74) is 3.17. The molecule has 0 aromatic heterocycles. The van der Waals surface area contributed by atoms with Crippen LogP contribution in [-0.2, 0) is 19.6 Å². The molecule has 1 heterocycles. The Morgan fingerprint density at radius 1 is 1.22 bits per heavy atom. The number of rotatable bonds is 6. The van der Waals surface area contributed by atoms with Gasteiger partial charge in [0.15, 0.2) is 11.4 Å². The molecule has 0 spiro atoms. The minimum atomic E-state index is -2.83. The van der Waals surface area contributed by atoms with E-state index >= 15 is 0 Å². The zero-order valence-corrected chi connectivity index (χ0v) is 19.7. The molecule has 32 heavy (non-hydrogen) atoms. The van der Waals surface area contributed by atoms with Gasteiger partial charge in [0.05, 0.1) is 26.7 Å². The first kappa shape index (κ1) is 22.6. The molecule has 7 heteroatoms. The van der Waals surface area contributed by atoms with Crippen molar-refractivity contribution in [1.82, 2.24) is 0 Å². The van der Waals surface area contributed by atoms with Gasteiger partial charge < -0.3 is 18.8 Å². The number of carbonyl (C=O) groups excluding carboxylic acids is 1. The number of carbonyl (C=O) groups is 1. The van der Waals surface area contributed by atoms with Crippen LogP contribution in [0.2, 0.25) is 0 Å². The molecule has 0 N–H and O–H groups in total. The second-order valence-corrected chi connectivity index (χ2v) is 10.4. The van der Waals surface area contributed by atoms with E-state index in [1.165, 1.54) is 0 Å². The lowest BCUT2D eigenvalue weighted by Gasteiger charge is -2.42. The normalized spacial score (nSPS) is 25.8. The van der Waals surface area contributed by atoms with Crippen LogP contribution in [0.4, 0.5) is 5.69 Å². The fourth-order valence-corrected chi connectivity index (χ4v) is 7.41. The summed E-state index contributed by atoms with van der Waals surface area (Å²) >= 11 is 0. The van der Waals surface area contributed by atoms with Crippen LogP contribution < -0.4 is 9.47 Å². The number of ether oxygens (including phenoxy) is 3.